The van der Waals surface area contributed by atoms with Gasteiger partial charge in [-0.05, 0) is 36.4 Å². The van der Waals surface area contributed by atoms with Crippen LogP contribution in [0.3, 0.4) is 0 Å². The summed E-state index contributed by atoms with van der Waals surface area (Å²) in [5.74, 6) is 0.157. The number of hydrogen-bond donors (Lipinski definition) is 2. The van der Waals surface area contributed by atoms with Gasteiger partial charge < -0.3 is 29.7 Å². The number of likely N-dealkylation sites (N-methyl/N-ethyl adjacent to an activating group) is 1. The predicted octanol–water partition coefficient (Wildman–Crippen LogP) is 4.53. The number of halogens is 3. The third-order valence-electron chi connectivity index (χ3n) is 5.81. The van der Waals surface area contributed by atoms with Crippen molar-refractivity contribution in [3.63, 3.8) is 0 Å². The second-order valence-corrected chi connectivity index (χ2v) is 8.45. The van der Waals surface area contributed by atoms with E-state index in [9.17, 15) is 18.0 Å². The molecule has 2 N–H and O–H groups in total. The van der Waals surface area contributed by atoms with E-state index in [1.807, 2.05) is 11.9 Å². The maximum absolute atomic E-state index is 13.4. The Morgan fingerprint density at radius 1 is 1.00 bits per heavy atom. The zero-order valence-electron chi connectivity index (χ0n) is 22.0. The minimum absolute atomic E-state index is 0.0490. The van der Waals surface area contributed by atoms with Crippen molar-refractivity contribution in [1.29, 1.82) is 0 Å². The fourth-order valence-corrected chi connectivity index (χ4v) is 3.73. The van der Waals surface area contributed by atoms with Crippen LogP contribution in [0.2, 0.25) is 0 Å². The molecule has 0 atom stereocenters. The van der Waals surface area contributed by atoms with E-state index in [2.05, 4.69) is 30.6 Å². The van der Waals surface area contributed by atoms with Gasteiger partial charge in [0.2, 0.25) is 5.95 Å². The van der Waals surface area contributed by atoms with Gasteiger partial charge in [0, 0.05) is 32.0 Å². The van der Waals surface area contributed by atoms with E-state index in [0.717, 1.165) is 19.2 Å². The van der Waals surface area contributed by atoms with Gasteiger partial charge in [-0.2, -0.15) is 13.2 Å². The second kappa shape index (κ2) is 12.0. The predicted molar refractivity (Wildman–Crippen MR) is 142 cm³/mol. The lowest BCUT2D eigenvalue weighted by Gasteiger charge is -2.17. The van der Waals surface area contributed by atoms with Crippen LogP contribution in [-0.4, -0.2) is 67.4 Å². The van der Waals surface area contributed by atoms with Crippen molar-refractivity contribution in [1.82, 2.24) is 19.9 Å². The van der Waals surface area contributed by atoms with E-state index in [1.54, 1.807) is 19.4 Å². The zero-order valence-corrected chi connectivity index (χ0v) is 22.0. The standard InChI is InChI=1S/C26H26F3N7O4/c1-36(9-10-38-2)25-30-13-19-22(35-25)23(32-14-31-19)34-18-11-15(5-7-21(18)40-4)24(37)33-16-6-8-20(39-3)17(12-16)26(27,28)29/h5-8,11-14H,9-10H2,1-4H3,(H,33,37)(H,31,32,34). The Morgan fingerprint density at radius 2 is 1.75 bits per heavy atom. The van der Waals surface area contributed by atoms with Gasteiger partial charge >= 0.3 is 6.18 Å². The number of nitrogens with zero attached hydrogens (tertiary/aromatic N) is 5. The normalized spacial score (nSPS) is 11.3. The van der Waals surface area contributed by atoms with Crippen LogP contribution in [0.25, 0.3) is 11.0 Å². The number of benzene rings is 2. The average molecular weight is 558 g/mol. The second-order valence-electron chi connectivity index (χ2n) is 8.45. The zero-order chi connectivity index (χ0) is 28.9. The number of hydrogen-bond acceptors (Lipinski definition) is 10. The van der Waals surface area contributed by atoms with Crippen molar-refractivity contribution in [2.45, 2.75) is 6.18 Å². The van der Waals surface area contributed by atoms with Gasteiger partial charge in [-0.1, -0.05) is 0 Å². The number of carbonyl (C=O) groups excluding carboxylic acids is 1. The van der Waals surface area contributed by atoms with Crippen LogP contribution < -0.4 is 25.0 Å². The minimum atomic E-state index is -4.66. The summed E-state index contributed by atoms with van der Waals surface area (Å²) in [4.78, 5) is 32.2. The quantitative estimate of drug-likeness (QED) is 0.287. The molecule has 0 unspecified atom stereocenters. The Hall–Kier alpha value is -4.72. The van der Waals surface area contributed by atoms with Crippen LogP contribution >= 0.6 is 0 Å². The fourth-order valence-electron chi connectivity index (χ4n) is 3.73. The van der Waals surface area contributed by atoms with E-state index >= 15 is 0 Å². The molecule has 11 nitrogen and oxygen atoms in total. The SMILES string of the molecule is COCCN(C)c1ncc2ncnc(Nc3cc(C(=O)Nc4ccc(OC)c(C(F)(F)F)c4)ccc3OC)c2n1. The number of anilines is 4. The van der Waals surface area contributed by atoms with E-state index < -0.39 is 17.6 Å². The summed E-state index contributed by atoms with van der Waals surface area (Å²) in [6, 6.07) is 7.80. The molecule has 2 aromatic carbocycles. The third-order valence-corrected chi connectivity index (χ3v) is 5.81. The largest absolute Gasteiger partial charge is 0.496 e. The lowest BCUT2D eigenvalue weighted by molar-refractivity contribution is -0.138. The van der Waals surface area contributed by atoms with E-state index in [4.69, 9.17) is 14.2 Å². The van der Waals surface area contributed by atoms with Gasteiger partial charge in [0.05, 0.1) is 38.3 Å². The van der Waals surface area contributed by atoms with E-state index in [0.29, 0.717) is 47.4 Å². The first-order valence-corrected chi connectivity index (χ1v) is 11.8. The molecule has 4 aromatic rings. The van der Waals surface area contributed by atoms with Crippen LogP contribution in [0.5, 0.6) is 11.5 Å². The Morgan fingerprint density at radius 3 is 2.45 bits per heavy atom. The molecule has 0 bridgehead atoms. The Kier molecular flexibility index (Phi) is 8.48. The first kappa shape index (κ1) is 28.3. The number of aromatic nitrogens is 4. The molecule has 0 saturated heterocycles. The van der Waals surface area contributed by atoms with Gasteiger partial charge in [-0.15, -0.1) is 0 Å². The van der Waals surface area contributed by atoms with Crippen molar-refractivity contribution in [3.8, 4) is 11.5 Å². The molecule has 2 heterocycles. The average Bonchev–Trinajstić information content (AvgIpc) is 2.95. The highest BCUT2D eigenvalue weighted by atomic mass is 19.4. The smallest absolute Gasteiger partial charge is 0.420 e. The number of amides is 1. The number of alkyl halides is 3. The number of ether oxygens (including phenoxy) is 3. The van der Waals surface area contributed by atoms with Gasteiger partial charge in [0.1, 0.15) is 28.9 Å². The van der Waals surface area contributed by atoms with Crippen LogP contribution in [0.15, 0.2) is 48.9 Å². The summed E-state index contributed by atoms with van der Waals surface area (Å²) in [5.41, 5.74) is 0.372. The molecule has 0 spiro atoms. The number of methoxy groups -OCH3 is 3. The summed E-state index contributed by atoms with van der Waals surface area (Å²) < 4.78 is 55.6. The maximum Gasteiger partial charge on any atom is 0.420 e. The number of fused-ring (bicyclic) bond motifs is 1. The van der Waals surface area contributed by atoms with Crippen LogP contribution in [0.1, 0.15) is 15.9 Å². The summed E-state index contributed by atoms with van der Waals surface area (Å²) in [5, 5.41) is 5.62. The fraction of sp³-hybridized carbons (Fsp3) is 0.269. The first-order chi connectivity index (χ1) is 19.1. The molecular weight excluding hydrogens is 531 g/mol. The molecule has 14 heteroatoms. The van der Waals surface area contributed by atoms with Crippen LogP contribution in [0, 0.1) is 0 Å². The van der Waals surface area contributed by atoms with E-state index in [1.165, 1.54) is 31.6 Å². The summed E-state index contributed by atoms with van der Waals surface area (Å²) in [6.07, 6.45) is -1.75. The van der Waals surface area contributed by atoms with Gasteiger partial charge in [-0.3, -0.25) is 4.79 Å². The van der Waals surface area contributed by atoms with Gasteiger partial charge in [0.25, 0.3) is 5.91 Å². The number of carbonyl (C=O) groups is 1. The highest BCUT2D eigenvalue weighted by Crippen LogP contribution is 2.38. The topological polar surface area (TPSA) is 124 Å². The molecule has 0 fully saturated rings. The first-order valence-electron chi connectivity index (χ1n) is 11.8. The summed E-state index contributed by atoms with van der Waals surface area (Å²) >= 11 is 0. The highest BCUT2D eigenvalue weighted by molar-refractivity contribution is 6.05. The van der Waals surface area contributed by atoms with Gasteiger partial charge in [0.15, 0.2) is 5.82 Å². The molecule has 0 aliphatic carbocycles. The molecule has 210 valence electrons. The molecule has 0 aliphatic rings. The Labute approximate surface area is 227 Å². The van der Waals surface area contributed by atoms with Crippen molar-refractivity contribution in [3.05, 3.63) is 60.0 Å². The maximum atomic E-state index is 13.4. The molecule has 4 rings (SSSR count). The minimum Gasteiger partial charge on any atom is -0.496 e. The van der Waals surface area contributed by atoms with Crippen LogP contribution in [0.4, 0.5) is 36.3 Å². The van der Waals surface area contributed by atoms with Crippen LogP contribution in [-0.2, 0) is 10.9 Å². The molecule has 2 aromatic heterocycles. The molecule has 40 heavy (non-hydrogen) atoms. The van der Waals surface area contributed by atoms with Gasteiger partial charge in [-0.25, -0.2) is 19.9 Å². The lowest BCUT2D eigenvalue weighted by Crippen LogP contribution is -2.24. The summed E-state index contributed by atoms with van der Waals surface area (Å²) in [7, 11) is 6.02. The molecular formula is C26H26F3N7O4. The van der Waals surface area contributed by atoms with E-state index in [-0.39, 0.29) is 17.0 Å². The monoisotopic (exact) mass is 557 g/mol. The molecule has 0 radical (unpaired) electrons. The lowest BCUT2D eigenvalue weighted by atomic mass is 10.1. The molecule has 0 saturated carbocycles. The number of rotatable bonds is 10. The molecule has 0 aliphatic heterocycles. The number of nitrogens with one attached hydrogen (secondary N) is 2. The van der Waals surface area contributed by atoms with Crippen molar-refractivity contribution in [2.24, 2.45) is 0 Å². The Balaban J connectivity index is 1.63. The summed E-state index contributed by atoms with van der Waals surface area (Å²) in [6.45, 7) is 1.04. The molecule has 1 amide bonds. The highest BCUT2D eigenvalue weighted by Gasteiger charge is 2.34. The van der Waals surface area contributed by atoms with Crippen molar-refractivity contribution < 1.29 is 32.2 Å². The third kappa shape index (κ3) is 6.29. The van der Waals surface area contributed by atoms with Crippen molar-refractivity contribution in [2.75, 3.05) is 57.1 Å². The van der Waals surface area contributed by atoms with Crippen molar-refractivity contribution >= 4 is 40.1 Å². The Bertz CT molecular complexity index is 1520.